The number of Topliss-reactive ketones (excluding diaryl/α,β-unsaturated/α-hetero) is 1. The van der Waals surface area contributed by atoms with E-state index in [-0.39, 0.29) is 11.3 Å². The van der Waals surface area contributed by atoms with Gasteiger partial charge in [0.05, 0.1) is 18.7 Å². The summed E-state index contributed by atoms with van der Waals surface area (Å²) in [6.45, 7) is 1.93. The summed E-state index contributed by atoms with van der Waals surface area (Å²) >= 11 is 6.08. The molecule has 0 saturated carbocycles. The number of ketones is 1. The number of aryl methyl sites for hydroxylation is 1. The summed E-state index contributed by atoms with van der Waals surface area (Å²) in [5.74, 6) is -1.19. The third kappa shape index (κ3) is 3.80. The number of carbonyl (C=O) groups is 2. The predicted octanol–water partition coefficient (Wildman–Crippen LogP) is 5.28. The Morgan fingerprint density at radius 3 is 2.45 bits per heavy atom. The van der Waals surface area contributed by atoms with Crippen LogP contribution >= 0.6 is 11.6 Å². The fourth-order valence-electron chi connectivity index (χ4n) is 3.81. The van der Waals surface area contributed by atoms with Crippen molar-refractivity contribution in [3.63, 3.8) is 0 Å². The van der Waals surface area contributed by atoms with Gasteiger partial charge < -0.3 is 9.84 Å². The van der Waals surface area contributed by atoms with Crippen LogP contribution in [0.3, 0.4) is 0 Å². The molecule has 1 amide bonds. The van der Waals surface area contributed by atoms with Crippen LogP contribution in [0, 0.1) is 6.92 Å². The van der Waals surface area contributed by atoms with Gasteiger partial charge in [-0.3, -0.25) is 14.5 Å². The molecule has 1 N–H and O–H groups in total. The topological polar surface area (TPSA) is 66.8 Å². The van der Waals surface area contributed by atoms with Crippen LogP contribution in [-0.2, 0) is 9.59 Å². The molecule has 4 rings (SSSR count). The molecule has 31 heavy (non-hydrogen) atoms. The number of nitrogens with zero attached hydrogens (tertiary/aromatic N) is 1. The van der Waals surface area contributed by atoms with E-state index >= 15 is 0 Å². The first kappa shape index (κ1) is 20.7. The summed E-state index contributed by atoms with van der Waals surface area (Å²) in [5.41, 5.74) is 2.56. The van der Waals surface area contributed by atoms with Crippen molar-refractivity contribution >= 4 is 34.7 Å². The van der Waals surface area contributed by atoms with Gasteiger partial charge >= 0.3 is 0 Å². The Morgan fingerprint density at radius 1 is 1.00 bits per heavy atom. The number of rotatable bonds is 4. The number of carbonyl (C=O) groups excluding carboxylic acids is 2. The highest BCUT2D eigenvalue weighted by atomic mass is 35.5. The van der Waals surface area contributed by atoms with Gasteiger partial charge in [-0.2, -0.15) is 0 Å². The van der Waals surface area contributed by atoms with E-state index in [4.69, 9.17) is 16.3 Å². The lowest BCUT2D eigenvalue weighted by molar-refractivity contribution is -0.132. The van der Waals surface area contributed by atoms with E-state index < -0.39 is 17.7 Å². The van der Waals surface area contributed by atoms with Crippen LogP contribution in [0.1, 0.15) is 22.7 Å². The molecule has 3 aromatic rings. The Bertz CT molecular complexity index is 1220. The number of hydrogen-bond donors (Lipinski definition) is 1. The number of ether oxygens (including phenoxy) is 1. The zero-order chi connectivity index (χ0) is 22.1. The SMILES string of the molecule is COc1cccc(N2C(=O)C(=O)/C(=C(/O)c3cccc(Cl)c3)C2c2cccc(C)c2)c1. The van der Waals surface area contributed by atoms with E-state index in [0.717, 1.165) is 5.56 Å². The van der Waals surface area contributed by atoms with E-state index in [1.54, 1.807) is 48.5 Å². The Balaban J connectivity index is 1.96. The molecule has 0 spiro atoms. The summed E-state index contributed by atoms with van der Waals surface area (Å²) in [4.78, 5) is 27.7. The lowest BCUT2D eigenvalue weighted by Crippen LogP contribution is -2.29. The summed E-state index contributed by atoms with van der Waals surface area (Å²) in [6, 6.07) is 20.2. The Labute approximate surface area is 185 Å². The molecule has 1 fully saturated rings. The second-order valence-corrected chi connectivity index (χ2v) is 7.73. The molecule has 156 valence electrons. The second kappa shape index (κ2) is 8.28. The number of hydrogen-bond acceptors (Lipinski definition) is 4. The van der Waals surface area contributed by atoms with Gasteiger partial charge in [0.25, 0.3) is 11.7 Å². The zero-order valence-electron chi connectivity index (χ0n) is 17.0. The molecule has 0 radical (unpaired) electrons. The van der Waals surface area contributed by atoms with E-state index in [0.29, 0.717) is 27.6 Å². The van der Waals surface area contributed by atoms with Crippen LogP contribution in [0.5, 0.6) is 5.75 Å². The highest BCUT2D eigenvalue weighted by Crippen LogP contribution is 2.43. The van der Waals surface area contributed by atoms with E-state index in [1.807, 2.05) is 31.2 Å². The number of anilines is 1. The minimum Gasteiger partial charge on any atom is -0.507 e. The molecule has 1 atom stereocenters. The van der Waals surface area contributed by atoms with Crippen LogP contribution in [0.4, 0.5) is 5.69 Å². The molecular formula is C25H20ClNO4. The van der Waals surface area contributed by atoms with Gasteiger partial charge in [-0.15, -0.1) is 0 Å². The molecule has 0 bridgehead atoms. The third-order valence-electron chi connectivity index (χ3n) is 5.23. The smallest absolute Gasteiger partial charge is 0.300 e. The number of aliphatic hydroxyl groups excluding tert-OH is 1. The average Bonchev–Trinajstić information content (AvgIpc) is 3.04. The molecule has 1 aliphatic heterocycles. The van der Waals surface area contributed by atoms with Crippen LogP contribution in [0.2, 0.25) is 5.02 Å². The van der Waals surface area contributed by atoms with Crippen molar-refractivity contribution in [2.75, 3.05) is 12.0 Å². The maximum absolute atomic E-state index is 13.2. The van der Waals surface area contributed by atoms with Crippen LogP contribution in [-0.4, -0.2) is 23.9 Å². The molecular weight excluding hydrogens is 414 g/mol. The van der Waals surface area contributed by atoms with Crippen molar-refractivity contribution in [2.24, 2.45) is 0 Å². The zero-order valence-corrected chi connectivity index (χ0v) is 17.8. The first-order chi connectivity index (χ1) is 14.9. The summed E-state index contributed by atoms with van der Waals surface area (Å²) in [5, 5.41) is 11.5. The molecule has 1 saturated heterocycles. The van der Waals surface area contributed by atoms with Crippen molar-refractivity contribution < 1.29 is 19.4 Å². The maximum atomic E-state index is 13.2. The highest BCUT2D eigenvalue weighted by Gasteiger charge is 2.47. The van der Waals surface area contributed by atoms with Gasteiger partial charge in [-0.05, 0) is 36.8 Å². The van der Waals surface area contributed by atoms with Gasteiger partial charge in [0.15, 0.2) is 0 Å². The first-order valence-electron chi connectivity index (χ1n) is 9.68. The van der Waals surface area contributed by atoms with E-state index in [1.165, 1.54) is 12.0 Å². The minimum atomic E-state index is -0.800. The van der Waals surface area contributed by atoms with Crippen molar-refractivity contribution in [3.05, 3.63) is 100 Å². The average molecular weight is 434 g/mol. The third-order valence-corrected chi connectivity index (χ3v) is 5.47. The maximum Gasteiger partial charge on any atom is 0.300 e. The molecule has 0 aliphatic carbocycles. The van der Waals surface area contributed by atoms with Crippen molar-refractivity contribution in [3.8, 4) is 5.75 Å². The largest absolute Gasteiger partial charge is 0.507 e. The van der Waals surface area contributed by atoms with Gasteiger partial charge in [0.2, 0.25) is 0 Å². The summed E-state index contributed by atoms with van der Waals surface area (Å²) in [6.07, 6.45) is 0. The highest BCUT2D eigenvalue weighted by molar-refractivity contribution is 6.51. The number of amides is 1. The molecule has 5 nitrogen and oxygen atoms in total. The number of halogens is 1. The Hall–Kier alpha value is -3.57. The van der Waals surface area contributed by atoms with Crippen LogP contribution < -0.4 is 9.64 Å². The van der Waals surface area contributed by atoms with E-state index in [2.05, 4.69) is 0 Å². The molecule has 0 aromatic heterocycles. The van der Waals surface area contributed by atoms with Crippen molar-refractivity contribution in [1.82, 2.24) is 0 Å². The van der Waals surface area contributed by atoms with Crippen LogP contribution in [0.25, 0.3) is 5.76 Å². The van der Waals surface area contributed by atoms with Gasteiger partial charge in [0, 0.05) is 22.3 Å². The van der Waals surface area contributed by atoms with Crippen LogP contribution in [0.15, 0.2) is 78.4 Å². The molecule has 1 unspecified atom stereocenters. The molecule has 3 aromatic carbocycles. The predicted molar refractivity (Wildman–Crippen MR) is 120 cm³/mol. The van der Waals surface area contributed by atoms with Gasteiger partial charge in [0.1, 0.15) is 11.5 Å². The fourth-order valence-corrected chi connectivity index (χ4v) is 4.00. The summed E-state index contributed by atoms with van der Waals surface area (Å²) < 4.78 is 5.29. The molecule has 1 aliphatic rings. The lowest BCUT2D eigenvalue weighted by atomic mass is 9.94. The minimum absolute atomic E-state index is 0.0145. The number of benzene rings is 3. The van der Waals surface area contributed by atoms with Gasteiger partial charge in [-0.1, -0.05) is 59.6 Å². The summed E-state index contributed by atoms with van der Waals surface area (Å²) in [7, 11) is 1.53. The number of aliphatic hydroxyl groups is 1. The normalized spacial score (nSPS) is 17.8. The fraction of sp³-hybridized carbons (Fsp3) is 0.120. The molecule has 6 heteroatoms. The second-order valence-electron chi connectivity index (χ2n) is 7.30. The Kier molecular flexibility index (Phi) is 5.53. The van der Waals surface area contributed by atoms with Crippen molar-refractivity contribution in [1.29, 1.82) is 0 Å². The van der Waals surface area contributed by atoms with Crippen molar-refractivity contribution in [2.45, 2.75) is 13.0 Å². The lowest BCUT2D eigenvalue weighted by Gasteiger charge is -2.26. The Morgan fingerprint density at radius 2 is 1.74 bits per heavy atom. The molecule has 1 heterocycles. The number of methoxy groups -OCH3 is 1. The standard InChI is InChI=1S/C25H20ClNO4/c1-15-6-3-7-16(12-15)22-21(23(28)17-8-4-9-18(26)13-17)24(29)25(30)27(22)19-10-5-11-20(14-19)31-2/h3-14,22,28H,1-2H3/b23-21+. The monoisotopic (exact) mass is 433 g/mol. The quantitative estimate of drug-likeness (QED) is 0.345. The van der Waals surface area contributed by atoms with Gasteiger partial charge in [-0.25, -0.2) is 0 Å². The first-order valence-corrected chi connectivity index (χ1v) is 10.1. The van der Waals surface area contributed by atoms with E-state index in [9.17, 15) is 14.7 Å².